The Kier molecular flexibility index (Phi) is 5.46. The van der Waals surface area contributed by atoms with E-state index in [1.165, 1.54) is 12.2 Å². The average molecular weight is 354 g/mol. The number of ether oxygens (including phenoxy) is 2. The van der Waals surface area contributed by atoms with E-state index in [0.29, 0.717) is 11.1 Å². The van der Waals surface area contributed by atoms with Crippen LogP contribution in [-0.4, -0.2) is 46.6 Å². The Morgan fingerprint density at radius 3 is 1.35 bits per heavy atom. The van der Waals surface area contributed by atoms with Crippen molar-refractivity contribution in [3.63, 3.8) is 0 Å². The van der Waals surface area contributed by atoms with Crippen LogP contribution in [0.2, 0.25) is 0 Å². The Labute approximate surface area is 150 Å². The third-order valence-corrected chi connectivity index (χ3v) is 4.02. The van der Waals surface area contributed by atoms with E-state index in [0.717, 1.165) is 0 Å². The monoisotopic (exact) mass is 354 g/mol. The van der Waals surface area contributed by atoms with Crippen LogP contribution in [0.4, 0.5) is 0 Å². The second-order valence-corrected chi connectivity index (χ2v) is 5.84. The standard InChI is InChI=1S/C20H18O6/c21-17-15(25-19(23)13-7-3-1-4-8-13)11-12-16(18(17)22)26-20(24)14-9-5-2-6-10-14/h1-12,15-18,21-22H/t15-,16-,17+,18+/m0/s1. The van der Waals surface area contributed by atoms with E-state index in [4.69, 9.17) is 9.47 Å². The first-order valence-electron chi connectivity index (χ1n) is 8.13. The van der Waals surface area contributed by atoms with E-state index < -0.39 is 36.4 Å². The molecule has 0 bridgehead atoms. The molecule has 2 N–H and O–H groups in total. The number of esters is 2. The van der Waals surface area contributed by atoms with Crippen molar-refractivity contribution < 1.29 is 29.3 Å². The molecular formula is C20H18O6. The fraction of sp³-hybridized carbons (Fsp3) is 0.200. The molecular weight excluding hydrogens is 336 g/mol. The third-order valence-electron chi connectivity index (χ3n) is 4.02. The predicted molar refractivity (Wildman–Crippen MR) is 92.4 cm³/mol. The molecule has 0 saturated heterocycles. The molecule has 4 atom stereocenters. The van der Waals surface area contributed by atoms with Crippen LogP contribution in [0.1, 0.15) is 20.7 Å². The first-order valence-corrected chi connectivity index (χ1v) is 8.13. The molecule has 0 aliphatic heterocycles. The summed E-state index contributed by atoms with van der Waals surface area (Å²) < 4.78 is 10.4. The molecule has 6 nitrogen and oxygen atoms in total. The lowest BCUT2D eigenvalue weighted by Gasteiger charge is -2.32. The van der Waals surface area contributed by atoms with E-state index in [9.17, 15) is 19.8 Å². The van der Waals surface area contributed by atoms with Crippen LogP contribution in [0.5, 0.6) is 0 Å². The van der Waals surface area contributed by atoms with Crippen molar-refractivity contribution in [1.29, 1.82) is 0 Å². The average Bonchev–Trinajstić information content (AvgIpc) is 2.69. The van der Waals surface area contributed by atoms with Crippen LogP contribution < -0.4 is 0 Å². The van der Waals surface area contributed by atoms with Gasteiger partial charge in [0, 0.05) is 0 Å². The van der Waals surface area contributed by atoms with Gasteiger partial charge in [-0.15, -0.1) is 0 Å². The van der Waals surface area contributed by atoms with Gasteiger partial charge in [0.2, 0.25) is 0 Å². The van der Waals surface area contributed by atoms with Crippen LogP contribution >= 0.6 is 0 Å². The molecule has 0 aromatic heterocycles. The highest BCUT2D eigenvalue weighted by molar-refractivity contribution is 5.90. The summed E-state index contributed by atoms with van der Waals surface area (Å²) >= 11 is 0. The van der Waals surface area contributed by atoms with E-state index in [-0.39, 0.29) is 0 Å². The maximum absolute atomic E-state index is 12.1. The molecule has 0 unspecified atom stereocenters. The lowest BCUT2D eigenvalue weighted by molar-refractivity contribution is -0.0978. The molecule has 2 aromatic rings. The molecule has 0 fully saturated rings. The highest BCUT2D eigenvalue weighted by Crippen LogP contribution is 2.21. The van der Waals surface area contributed by atoms with Gasteiger partial charge in [0.1, 0.15) is 24.4 Å². The zero-order valence-corrected chi connectivity index (χ0v) is 13.8. The smallest absolute Gasteiger partial charge is 0.338 e. The summed E-state index contributed by atoms with van der Waals surface area (Å²) in [5.74, 6) is -1.24. The minimum absolute atomic E-state index is 0.334. The number of hydrogen-bond acceptors (Lipinski definition) is 6. The topological polar surface area (TPSA) is 93.1 Å². The van der Waals surface area contributed by atoms with Crippen molar-refractivity contribution in [2.45, 2.75) is 24.4 Å². The van der Waals surface area contributed by atoms with E-state index in [2.05, 4.69) is 0 Å². The molecule has 134 valence electrons. The van der Waals surface area contributed by atoms with Gasteiger partial charge in [-0.3, -0.25) is 0 Å². The maximum Gasteiger partial charge on any atom is 0.338 e. The van der Waals surface area contributed by atoms with Gasteiger partial charge in [0.25, 0.3) is 0 Å². The van der Waals surface area contributed by atoms with Crippen LogP contribution in [0.25, 0.3) is 0 Å². The summed E-state index contributed by atoms with van der Waals surface area (Å²) in [6.07, 6.45) is -2.10. The lowest BCUT2D eigenvalue weighted by Crippen LogP contribution is -2.49. The Morgan fingerprint density at radius 2 is 1.00 bits per heavy atom. The largest absolute Gasteiger partial charge is 0.452 e. The number of rotatable bonds is 4. The summed E-state index contributed by atoms with van der Waals surface area (Å²) in [6.45, 7) is 0. The normalized spacial score (nSPS) is 24.7. The maximum atomic E-state index is 12.1. The first-order chi connectivity index (χ1) is 12.6. The Hall–Kier alpha value is -2.96. The molecule has 0 spiro atoms. The Morgan fingerprint density at radius 1 is 0.654 bits per heavy atom. The molecule has 0 saturated carbocycles. The number of hydrogen-bond donors (Lipinski definition) is 2. The number of carbonyl (C=O) groups excluding carboxylic acids is 2. The lowest BCUT2D eigenvalue weighted by atomic mass is 9.96. The molecule has 0 amide bonds. The summed E-state index contributed by atoms with van der Waals surface area (Å²) in [4.78, 5) is 24.2. The molecule has 2 aromatic carbocycles. The van der Waals surface area contributed by atoms with Gasteiger partial charge < -0.3 is 19.7 Å². The van der Waals surface area contributed by atoms with Gasteiger partial charge in [-0.05, 0) is 36.4 Å². The zero-order valence-electron chi connectivity index (χ0n) is 13.8. The van der Waals surface area contributed by atoms with Gasteiger partial charge in [0.05, 0.1) is 11.1 Å². The van der Waals surface area contributed by atoms with Crippen LogP contribution in [0.15, 0.2) is 72.8 Å². The first kappa shape index (κ1) is 17.8. The SMILES string of the molecule is O=C(O[C@H]1C=C[C@H](OC(=O)c2ccccc2)[C@@H](O)[C@@H]1O)c1ccccc1. The molecule has 0 radical (unpaired) electrons. The van der Waals surface area contributed by atoms with Gasteiger partial charge in [-0.1, -0.05) is 36.4 Å². The van der Waals surface area contributed by atoms with Crippen LogP contribution in [-0.2, 0) is 9.47 Å². The number of benzene rings is 2. The van der Waals surface area contributed by atoms with Crippen molar-refractivity contribution in [1.82, 2.24) is 0 Å². The van der Waals surface area contributed by atoms with Gasteiger partial charge >= 0.3 is 11.9 Å². The quantitative estimate of drug-likeness (QED) is 0.642. The van der Waals surface area contributed by atoms with Crippen molar-refractivity contribution in [3.05, 3.63) is 83.9 Å². The number of aliphatic hydroxyl groups is 2. The van der Waals surface area contributed by atoms with E-state index in [1.54, 1.807) is 60.7 Å². The second-order valence-electron chi connectivity index (χ2n) is 5.84. The molecule has 6 heteroatoms. The second kappa shape index (κ2) is 7.95. The third kappa shape index (κ3) is 3.99. The predicted octanol–water partition coefficient (Wildman–Crippen LogP) is 1.73. The van der Waals surface area contributed by atoms with Gasteiger partial charge in [0.15, 0.2) is 0 Å². The van der Waals surface area contributed by atoms with Crippen LogP contribution in [0, 0.1) is 0 Å². The Bertz CT molecular complexity index is 719. The molecule has 3 rings (SSSR count). The Balaban J connectivity index is 1.65. The van der Waals surface area contributed by atoms with Crippen molar-refractivity contribution in [2.75, 3.05) is 0 Å². The summed E-state index contributed by atoms with van der Waals surface area (Å²) in [5.41, 5.74) is 0.667. The molecule has 0 heterocycles. The van der Waals surface area contributed by atoms with Crippen molar-refractivity contribution in [2.24, 2.45) is 0 Å². The molecule has 1 aliphatic rings. The van der Waals surface area contributed by atoms with Crippen molar-refractivity contribution >= 4 is 11.9 Å². The van der Waals surface area contributed by atoms with Crippen LogP contribution in [0.3, 0.4) is 0 Å². The van der Waals surface area contributed by atoms with Gasteiger partial charge in [-0.25, -0.2) is 9.59 Å². The summed E-state index contributed by atoms with van der Waals surface area (Å²) in [6, 6.07) is 16.6. The number of aliphatic hydroxyl groups excluding tert-OH is 2. The molecule has 1 aliphatic carbocycles. The minimum atomic E-state index is -1.42. The fourth-order valence-corrected chi connectivity index (χ4v) is 2.59. The highest BCUT2D eigenvalue weighted by atomic mass is 16.6. The summed E-state index contributed by atoms with van der Waals surface area (Å²) in [7, 11) is 0. The fourth-order valence-electron chi connectivity index (χ4n) is 2.59. The van der Waals surface area contributed by atoms with E-state index >= 15 is 0 Å². The van der Waals surface area contributed by atoms with Gasteiger partial charge in [-0.2, -0.15) is 0 Å². The van der Waals surface area contributed by atoms with Crippen molar-refractivity contribution in [3.8, 4) is 0 Å². The minimum Gasteiger partial charge on any atom is -0.452 e. The molecule has 26 heavy (non-hydrogen) atoms. The number of carbonyl (C=O) groups is 2. The zero-order chi connectivity index (χ0) is 18.5. The summed E-state index contributed by atoms with van der Waals surface area (Å²) in [5, 5.41) is 20.4. The van der Waals surface area contributed by atoms with E-state index in [1.807, 2.05) is 0 Å². The highest BCUT2D eigenvalue weighted by Gasteiger charge is 2.38.